The molecule has 0 bridgehead atoms. The predicted octanol–water partition coefficient (Wildman–Crippen LogP) is 1.60. The van der Waals surface area contributed by atoms with Crippen molar-refractivity contribution in [3.8, 4) is 0 Å². The summed E-state index contributed by atoms with van der Waals surface area (Å²) in [6, 6.07) is 2.97. The quantitative estimate of drug-likeness (QED) is 0.779. The number of sulfonamides is 1. The molecule has 6 heteroatoms. The fourth-order valence-electron chi connectivity index (χ4n) is 1.58. The molecule has 0 aliphatic rings. The molecular formula is C11H20N2O3S. The van der Waals surface area contributed by atoms with Crippen LogP contribution in [0.25, 0.3) is 0 Å². The van der Waals surface area contributed by atoms with Gasteiger partial charge in [0.1, 0.15) is 5.76 Å². The minimum Gasteiger partial charge on any atom is -0.447 e. The maximum Gasteiger partial charge on any atom is 0.274 e. The average molecular weight is 260 g/mol. The highest BCUT2D eigenvalue weighted by Gasteiger charge is 2.21. The number of furan rings is 1. The van der Waals surface area contributed by atoms with Crippen molar-refractivity contribution in [1.82, 2.24) is 4.72 Å². The zero-order chi connectivity index (χ0) is 12.9. The number of hydrogen-bond donors (Lipinski definition) is 2. The zero-order valence-electron chi connectivity index (χ0n) is 10.3. The Kier molecular flexibility index (Phi) is 5.17. The molecular weight excluding hydrogens is 240 g/mol. The van der Waals surface area contributed by atoms with E-state index in [0.29, 0.717) is 5.76 Å². The highest BCUT2D eigenvalue weighted by atomic mass is 32.2. The minimum absolute atomic E-state index is 0.0450. The lowest BCUT2D eigenvalue weighted by Gasteiger charge is -2.14. The summed E-state index contributed by atoms with van der Waals surface area (Å²) in [6.45, 7) is 4.17. The Bertz CT molecular complexity index is 439. The predicted molar refractivity (Wildman–Crippen MR) is 65.9 cm³/mol. The van der Waals surface area contributed by atoms with Gasteiger partial charge in [0.05, 0.1) is 6.54 Å². The molecule has 0 spiro atoms. The Balaban J connectivity index is 2.80. The SMILES string of the molecule is CCCC(CC)NS(=O)(=O)c1ccc(CN)o1. The van der Waals surface area contributed by atoms with E-state index < -0.39 is 10.0 Å². The van der Waals surface area contributed by atoms with Crippen LogP contribution in [0.2, 0.25) is 0 Å². The van der Waals surface area contributed by atoms with Crippen molar-refractivity contribution in [2.45, 2.75) is 50.8 Å². The first-order chi connectivity index (χ1) is 8.03. The van der Waals surface area contributed by atoms with Gasteiger partial charge in [-0.1, -0.05) is 20.3 Å². The fraction of sp³-hybridized carbons (Fsp3) is 0.636. The van der Waals surface area contributed by atoms with E-state index in [4.69, 9.17) is 10.2 Å². The lowest BCUT2D eigenvalue weighted by atomic mass is 10.1. The summed E-state index contributed by atoms with van der Waals surface area (Å²) in [5.41, 5.74) is 5.37. The Morgan fingerprint density at radius 2 is 2.12 bits per heavy atom. The first-order valence-electron chi connectivity index (χ1n) is 5.84. The first kappa shape index (κ1) is 14.2. The van der Waals surface area contributed by atoms with E-state index in [0.717, 1.165) is 19.3 Å². The van der Waals surface area contributed by atoms with Gasteiger partial charge in [0.15, 0.2) is 0 Å². The van der Waals surface area contributed by atoms with Crippen LogP contribution < -0.4 is 10.5 Å². The van der Waals surface area contributed by atoms with Crippen LogP contribution in [0, 0.1) is 0 Å². The van der Waals surface area contributed by atoms with Crippen LogP contribution in [-0.2, 0) is 16.6 Å². The highest BCUT2D eigenvalue weighted by Crippen LogP contribution is 2.15. The molecule has 0 aliphatic carbocycles. The van der Waals surface area contributed by atoms with Crippen LogP contribution in [0.3, 0.4) is 0 Å². The van der Waals surface area contributed by atoms with Crippen molar-refractivity contribution in [3.63, 3.8) is 0 Å². The monoisotopic (exact) mass is 260 g/mol. The molecule has 98 valence electrons. The maximum atomic E-state index is 12.0. The van der Waals surface area contributed by atoms with Crippen LogP contribution in [0.5, 0.6) is 0 Å². The number of nitrogens with two attached hydrogens (primary N) is 1. The third-order valence-corrected chi connectivity index (χ3v) is 3.95. The topological polar surface area (TPSA) is 85.3 Å². The van der Waals surface area contributed by atoms with Gasteiger partial charge in [-0.2, -0.15) is 0 Å². The van der Waals surface area contributed by atoms with E-state index in [9.17, 15) is 8.42 Å². The van der Waals surface area contributed by atoms with E-state index in [1.54, 1.807) is 6.07 Å². The summed E-state index contributed by atoms with van der Waals surface area (Å²) in [4.78, 5) is 0. The van der Waals surface area contributed by atoms with Gasteiger partial charge in [-0.15, -0.1) is 0 Å². The van der Waals surface area contributed by atoms with Gasteiger partial charge >= 0.3 is 0 Å². The van der Waals surface area contributed by atoms with Gasteiger partial charge in [0.2, 0.25) is 5.09 Å². The molecule has 0 fully saturated rings. The van der Waals surface area contributed by atoms with Crippen molar-refractivity contribution in [2.75, 3.05) is 0 Å². The second-order valence-electron chi connectivity index (χ2n) is 3.94. The molecule has 17 heavy (non-hydrogen) atoms. The van der Waals surface area contributed by atoms with Crippen LogP contribution in [0.15, 0.2) is 21.6 Å². The molecule has 3 N–H and O–H groups in total. The molecule has 1 unspecified atom stereocenters. The Morgan fingerprint density at radius 1 is 1.41 bits per heavy atom. The lowest BCUT2D eigenvalue weighted by molar-refractivity contribution is 0.407. The molecule has 0 saturated heterocycles. The smallest absolute Gasteiger partial charge is 0.274 e. The number of nitrogens with one attached hydrogen (secondary N) is 1. The van der Waals surface area contributed by atoms with E-state index in [-0.39, 0.29) is 17.7 Å². The molecule has 0 amide bonds. The average Bonchev–Trinajstić information content (AvgIpc) is 2.77. The second-order valence-corrected chi connectivity index (χ2v) is 5.58. The van der Waals surface area contributed by atoms with Gasteiger partial charge in [-0.3, -0.25) is 0 Å². The number of rotatable bonds is 7. The molecule has 1 atom stereocenters. The third kappa shape index (κ3) is 3.83. The minimum atomic E-state index is -3.56. The summed E-state index contributed by atoms with van der Waals surface area (Å²) < 4.78 is 31.7. The summed E-state index contributed by atoms with van der Waals surface area (Å²) in [5.74, 6) is 0.467. The summed E-state index contributed by atoms with van der Waals surface area (Å²) in [5, 5.41) is -0.0625. The van der Waals surface area contributed by atoms with Crippen molar-refractivity contribution in [3.05, 3.63) is 17.9 Å². The van der Waals surface area contributed by atoms with Gasteiger partial charge in [0, 0.05) is 6.04 Å². The van der Waals surface area contributed by atoms with Gasteiger partial charge in [-0.05, 0) is 25.0 Å². The van der Waals surface area contributed by atoms with Gasteiger partial charge in [-0.25, -0.2) is 13.1 Å². The van der Waals surface area contributed by atoms with E-state index >= 15 is 0 Å². The van der Waals surface area contributed by atoms with Crippen LogP contribution >= 0.6 is 0 Å². The Hall–Kier alpha value is -0.850. The molecule has 1 rings (SSSR count). The van der Waals surface area contributed by atoms with E-state index in [1.807, 2.05) is 13.8 Å². The lowest BCUT2D eigenvalue weighted by Crippen LogP contribution is -2.34. The molecule has 0 aliphatic heterocycles. The van der Waals surface area contributed by atoms with Crippen molar-refractivity contribution < 1.29 is 12.8 Å². The summed E-state index contributed by atoms with van der Waals surface area (Å²) in [7, 11) is -3.56. The molecule has 1 aromatic rings. The molecule has 5 nitrogen and oxygen atoms in total. The third-order valence-electron chi connectivity index (χ3n) is 2.55. The van der Waals surface area contributed by atoms with Crippen LogP contribution in [0.1, 0.15) is 38.9 Å². The van der Waals surface area contributed by atoms with Gasteiger partial charge < -0.3 is 10.2 Å². The second kappa shape index (κ2) is 6.18. The fourth-order valence-corrected chi connectivity index (χ4v) is 2.89. The number of hydrogen-bond acceptors (Lipinski definition) is 4. The standard InChI is InChI=1S/C11H20N2O3S/c1-3-5-9(4-2)13-17(14,15)11-7-6-10(8-12)16-11/h6-7,9,13H,3-5,8,12H2,1-2H3. The summed E-state index contributed by atoms with van der Waals surface area (Å²) in [6.07, 6.45) is 2.52. The van der Waals surface area contributed by atoms with Crippen LogP contribution in [-0.4, -0.2) is 14.5 Å². The molecule has 0 aromatic carbocycles. The Labute approximate surface area is 102 Å². The largest absolute Gasteiger partial charge is 0.447 e. The van der Waals surface area contributed by atoms with Crippen molar-refractivity contribution in [2.24, 2.45) is 5.73 Å². The Morgan fingerprint density at radius 3 is 2.59 bits per heavy atom. The van der Waals surface area contributed by atoms with Crippen LogP contribution in [0.4, 0.5) is 0 Å². The molecule has 1 heterocycles. The van der Waals surface area contributed by atoms with Crippen molar-refractivity contribution in [1.29, 1.82) is 0 Å². The van der Waals surface area contributed by atoms with E-state index in [2.05, 4.69) is 4.72 Å². The van der Waals surface area contributed by atoms with Crippen molar-refractivity contribution >= 4 is 10.0 Å². The molecule has 0 radical (unpaired) electrons. The van der Waals surface area contributed by atoms with Gasteiger partial charge in [0.25, 0.3) is 10.0 Å². The zero-order valence-corrected chi connectivity index (χ0v) is 11.1. The normalized spacial score (nSPS) is 13.8. The molecule has 1 aromatic heterocycles. The molecule has 0 saturated carbocycles. The summed E-state index contributed by atoms with van der Waals surface area (Å²) >= 11 is 0. The maximum absolute atomic E-state index is 12.0. The van der Waals surface area contributed by atoms with E-state index in [1.165, 1.54) is 6.07 Å². The highest BCUT2D eigenvalue weighted by molar-refractivity contribution is 7.89. The first-order valence-corrected chi connectivity index (χ1v) is 7.32.